The summed E-state index contributed by atoms with van der Waals surface area (Å²) in [6.45, 7) is 10.2. The summed E-state index contributed by atoms with van der Waals surface area (Å²) in [5.41, 5.74) is 12.7. The SMILES string of the molecule is Cc1cc(C(F)(F)C(F)(F)c2cc(C)c(N)c(C(C)C)c2)cc(C(C)C)c1N. The summed E-state index contributed by atoms with van der Waals surface area (Å²) in [6.07, 6.45) is 0. The second-order valence-electron chi connectivity index (χ2n) is 8.05. The van der Waals surface area contributed by atoms with Crippen molar-refractivity contribution in [2.45, 2.75) is 65.2 Å². The Morgan fingerprint density at radius 2 is 0.929 bits per heavy atom. The first kappa shape index (κ1) is 22.1. The number of benzene rings is 2. The van der Waals surface area contributed by atoms with Crippen molar-refractivity contribution in [1.29, 1.82) is 0 Å². The van der Waals surface area contributed by atoms with E-state index in [9.17, 15) is 0 Å². The van der Waals surface area contributed by atoms with E-state index in [1.807, 2.05) is 0 Å². The van der Waals surface area contributed by atoms with Gasteiger partial charge in [-0.15, -0.1) is 0 Å². The molecule has 0 spiro atoms. The normalized spacial score (nSPS) is 12.9. The Balaban J connectivity index is 2.68. The van der Waals surface area contributed by atoms with Crippen LogP contribution in [-0.4, -0.2) is 0 Å². The molecule has 0 aliphatic heterocycles. The van der Waals surface area contributed by atoms with Gasteiger partial charge in [0.25, 0.3) is 0 Å². The zero-order valence-electron chi connectivity index (χ0n) is 17.1. The molecule has 0 unspecified atom stereocenters. The van der Waals surface area contributed by atoms with Crippen LogP contribution in [0.25, 0.3) is 0 Å². The van der Waals surface area contributed by atoms with Crippen LogP contribution in [0.4, 0.5) is 28.9 Å². The molecule has 0 radical (unpaired) electrons. The molecule has 154 valence electrons. The molecule has 0 heterocycles. The molecule has 2 aromatic carbocycles. The molecule has 0 saturated carbocycles. The van der Waals surface area contributed by atoms with Gasteiger partial charge in [-0.1, -0.05) is 27.7 Å². The second kappa shape index (κ2) is 7.30. The molecule has 6 heteroatoms. The number of anilines is 2. The maximum Gasteiger partial charge on any atom is 0.339 e. The Morgan fingerprint density at radius 1 is 0.643 bits per heavy atom. The molecule has 4 N–H and O–H groups in total. The summed E-state index contributed by atoms with van der Waals surface area (Å²) < 4.78 is 60.5. The predicted molar refractivity (Wildman–Crippen MR) is 107 cm³/mol. The average molecular weight is 396 g/mol. The van der Waals surface area contributed by atoms with Gasteiger partial charge in [0.15, 0.2) is 0 Å². The predicted octanol–water partition coefficient (Wildman–Crippen LogP) is 6.60. The standard InChI is InChI=1S/C22H28F4N2/c1-11(2)17-9-15(7-13(5)19(17)27)21(23,24)22(25,26)16-8-14(6)20(28)18(10-16)12(3)4/h7-12H,27-28H2,1-6H3. The van der Waals surface area contributed by atoms with Crippen molar-refractivity contribution in [3.8, 4) is 0 Å². The minimum Gasteiger partial charge on any atom is -0.398 e. The van der Waals surface area contributed by atoms with Crippen molar-refractivity contribution in [3.63, 3.8) is 0 Å². The van der Waals surface area contributed by atoms with E-state index in [4.69, 9.17) is 11.5 Å². The zero-order chi connectivity index (χ0) is 21.6. The van der Waals surface area contributed by atoms with E-state index in [2.05, 4.69) is 0 Å². The first-order valence-corrected chi connectivity index (χ1v) is 9.28. The Hall–Kier alpha value is -2.24. The molecule has 2 nitrogen and oxygen atoms in total. The van der Waals surface area contributed by atoms with Gasteiger partial charge in [-0.2, -0.15) is 17.6 Å². The van der Waals surface area contributed by atoms with Crippen LogP contribution < -0.4 is 11.5 Å². The molecule has 0 bridgehead atoms. The van der Waals surface area contributed by atoms with Gasteiger partial charge in [-0.25, -0.2) is 0 Å². The van der Waals surface area contributed by atoms with E-state index in [-0.39, 0.29) is 11.8 Å². The highest BCUT2D eigenvalue weighted by atomic mass is 19.3. The van der Waals surface area contributed by atoms with Crippen molar-refractivity contribution < 1.29 is 17.6 Å². The number of rotatable bonds is 5. The van der Waals surface area contributed by atoms with E-state index in [1.54, 1.807) is 41.5 Å². The molecule has 2 rings (SSSR count). The van der Waals surface area contributed by atoms with Crippen molar-refractivity contribution in [2.75, 3.05) is 11.5 Å². The molecular formula is C22H28F4N2. The molecule has 0 atom stereocenters. The first-order valence-electron chi connectivity index (χ1n) is 9.28. The van der Waals surface area contributed by atoms with Gasteiger partial charge in [0, 0.05) is 22.5 Å². The third-order valence-corrected chi connectivity index (χ3v) is 5.20. The molecule has 0 amide bonds. The number of hydrogen-bond acceptors (Lipinski definition) is 2. The van der Waals surface area contributed by atoms with Gasteiger partial charge >= 0.3 is 11.8 Å². The summed E-state index contributed by atoms with van der Waals surface area (Å²) in [5.74, 6) is -9.17. The van der Waals surface area contributed by atoms with Crippen LogP contribution in [0.15, 0.2) is 24.3 Å². The fraction of sp³-hybridized carbons (Fsp3) is 0.455. The van der Waals surface area contributed by atoms with Crippen molar-refractivity contribution >= 4 is 11.4 Å². The summed E-state index contributed by atoms with van der Waals surface area (Å²) in [5, 5.41) is 0. The lowest BCUT2D eigenvalue weighted by Crippen LogP contribution is -2.36. The molecular weight excluding hydrogens is 368 g/mol. The van der Waals surface area contributed by atoms with Crippen LogP contribution >= 0.6 is 0 Å². The Kier molecular flexibility index (Phi) is 5.75. The minimum atomic E-state index is -4.41. The smallest absolute Gasteiger partial charge is 0.339 e. The Bertz CT molecular complexity index is 813. The van der Waals surface area contributed by atoms with Gasteiger partial charge in [0.2, 0.25) is 0 Å². The topological polar surface area (TPSA) is 52.0 Å². The minimum absolute atomic E-state index is 0.172. The van der Waals surface area contributed by atoms with E-state index < -0.39 is 23.0 Å². The number of aryl methyl sites for hydroxylation is 2. The summed E-state index contributed by atoms with van der Waals surface area (Å²) in [6, 6.07) is 4.27. The average Bonchev–Trinajstić information content (AvgIpc) is 2.58. The van der Waals surface area contributed by atoms with Crippen LogP contribution in [-0.2, 0) is 11.8 Å². The van der Waals surface area contributed by atoms with E-state index in [0.29, 0.717) is 33.6 Å². The molecule has 0 aliphatic carbocycles. The lowest BCUT2D eigenvalue weighted by molar-refractivity contribution is -0.224. The lowest BCUT2D eigenvalue weighted by atomic mass is 9.87. The zero-order valence-corrected chi connectivity index (χ0v) is 17.1. The third-order valence-electron chi connectivity index (χ3n) is 5.20. The number of nitrogen functional groups attached to an aromatic ring is 2. The number of halogens is 4. The first-order chi connectivity index (χ1) is 12.7. The third kappa shape index (κ3) is 3.56. The number of hydrogen-bond donors (Lipinski definition) is 2. The molecule has 0 saturated heterocycles. The van der Waals surface area contributed by atoms with Gasteiger partial charge in [0.1, 0.15) is 0 Å². The van der Waals surface area contributed by atoms with E-state index in [0.717, 1.165) is 24.3 Å². The second-order valence-corrected chi connectivity index (χ2v) is 8.05. The monoisotopic (exact) mass is 396 g/mol. The van der Waals surface area contributed by atoms with Crippen molar-refractivity contribution in [1.82, 2.24) is 0 Å². The molecule has 0 fully saturated rings. The highest BCUT2D eigenvalue weighted by Gasteiger charge is 2.59. The maximum absolute atomic E-state index is 15.1. The Morgan fingerprint density at radius 3 is 1.18 bits per heavy atom. The number of nitrogens with two attached hydrogens (primary N) is 2. The van der Waals surface area contributed by atoms with Crippen LogP contribution in [0.5, 0.6) is 0 Å². The van der Waals surface area contributed by atoms with Crippen LogP contribution in [0.3, 0.4) is 0 Å². The largest absolute Gasteiger partial charge is 0.398 e. The molecule has 28 heavy (non-hydrogen) atoms. The fourth-order valence-electron chi connectivity index (χ4n) is 3.33. The van der Waals surface area contributed by atoms with E-state index >= 15 is 17.6 Å². The highest BCUT2D eigenvalue weighted by molar-refractivity contribution is 5.59. The van der Waals surface area contributed by atoms with Crippen molar-refractivity contribution in [3.05, 3.63) is 57.6 Å². The number of alkyl halides is 4. The van der Waals surface area contributed by atoms with Gasteiger partial charge < -0.3 is 11.5 Å². The Labute approximate surface area is 163 Å². The summed E-state index contributed by atoms with van der Waals surface area (Å²) in [7, 11) is 0. The molecule has 0 aliphatic rings. The summed E-state index contributed by atoms with van der Waals surface area (Å²) >= 11 is 0. The quantitative estimate of drug-likeness (QED) is 0.442. The van der Waals surface area contributed by atoms with Crippen LogP contribution in [0, 0.1) is 13.8 Å². The maximum atomic E-state index is 15.1. The highest BCUT2D eigenvalue weighted by Crippen LogP contribution is 2.51. The fourth-order valence-corrected chi connectivity index (χ4v) is 3.33. The van der Waals surface area contributed by atoms with Gasteiger partial charge in [-0.05, 0) is 72.2 Å². The van der Waals surface area contributed by atoms with Gasteiger partial charge in [-0.3, -0.25) is 0 Å². The molecule has 0 aromatic heterocycles. The molecule has 2 aromatic rings. The van der Waals surface area contributed by atoms with Gasteiger partial charge in [0.05, 0.1) is 0 Å². The van der Waals surface area contributed by atoms with Crippen LogP contribution in [0.2, 0.25) is 0 Å². The summed E-state index contributed by atoms with van der Waals surface area (Å²) in [4.78, 5) is 0. The van der Waals surface area contributed by atoms with Crippen LogP contribution in [0.1, 0.15) is 72.9 Å². The van der Waals surface area contributed by atoms with Crippen molar-refractivity contribution in [2.24, 2.45) is 0 Å². The van der Waals surface area contributed by atoms with E-state index in [1.165, 1.54) is 0 Å². The lowest BCUT2D eigenvalue weighted by Gasteiger charge is -2.30.